The highest BCUT2D eigenvalue weighted by atomic mass is 19.1. The van der Waals surface area contributed by atoms with E-state index in [2.05, 4.69) is 6.07 Å². The van der Waals surface area contributed by atoms with Crippen molar-refractivity contribution in [2.75, 3.05) is 0 Å². The smallest absolute Gasteiger partial charge is 0.126 e. The quantitative estimate of drug-likeness (QED) is 0.757. The van der Waals surface area contributed by atoms with Crippen LogP contribution in [-0.4, -0.2) is 0 Å². The fourth-order valence-corrected chi connectivity index (χ4v) is 1.93. The summed E-state index contributed by atoms with van der Waals surface area (Å²) in [5.41, 5.74) is 3.20. The van der Waals surface area contributed by atoms with E-state index < -0.39 is 0 Å². The number of hydrogen-bond acceptors (Lipinski definition) is 1. The molecule has 0 aliphatic heterocycles. The molecule has 0 radical (unpaired) electrons. The number of nitrogens with zero attached hydrogens (tertiary/aromatic N) is 1. The minimum absolute atomic E-state index is 0.143. The summed E-state index contributed by atoms with van der Waals surface area (Å²) in [4.78, 5) is 0. The van der Waals surface area contributed by atoms with Gasteiger partial charge in [-0.3, -0.25) is 0 Å². The third-order valence-corrected chi connectivity index (χ3v) is 2.94. The van der Waals surface area contributed by atoms with Crippen LogP contribution in [0.2, 0.25) is 0 Å². The van der Waals surface area contributed by atoms with Gasteiger partial charge in [-0.05, 0) is 46.9 Å². The first kappa shape index (κ1) is 12.3. The maximum Gasteiger partial charge on any atom is 0.126 e. The van der Waals surface area contributed by atoms with Crippen LogP contribution in [0.15, 0.2) is 42.5 Å². The Morgan fingerprint density at radius 1 is 1.06 bits per heavy atom. The van der Waals surface area contributed by atoms with Crippen molar-refractivity contribution in [1.29, 1.82) is 5.26 Å². The predicted molar refractivity (Wildman–Crippen MR) is 70.6 cm³/mol. The van der Waals surface area contributed by atoms with E-state index in [1.54, 1.807) is 12.1 Å². The molecule has 0 fully saturated rings. The zero-order valence-corrected chi connectivity index (χ0v) is 10.4. The first-order valence-corrected chi connectivity index (χ1v) is 5.92. The van der Waals surface area contributed by atoms with E-state index in [0.29, 0.717) is 11.1 Å². The van der Waals surface area contributed by atoms with Gasteiger partial charge in [0.2, 0.25) is 0 Å². The van der Waals surface area contributed by atoms with E-state index in [-0.39, 0.29) is 11.7 Å². The molecule has 2 aromatic carbocycles. The van der Waals surface area contributed by atoms with Gasteiger partial charge in [0, 0.05) is 0 Å². The molecule has 0 bridgehead atoms. The van der Waals surface area contributed by atoms with E-state index in [4.69, 9.17) is 5.26 Å². The van der Waals surface area contributed by atoms with E-state index in [9.17, 15) is 4.39 Å². The van der Waals surface area contributed by atoms with Crippen LogP contribution in [0, 0.1) is 17.1 Å². The molecule has 0 aliphatic rings. The Labute approximate surface area is 107 Å². The molecule has 2 heteroatoms. The zero-order valence-electron chi connectivity index (χ0n) is 10.4. The lowest BCUT2D eigenvalue weighted by molar-refractivity contribution is 0.598. The minimum atomic E-state index is -0.176. The second-order valence-corrected chi connectivity index (χ2v) is 4.58. The predicted octanol–water partition coefficient (Wildman–Crippen LogP) is 4.49. The Balaban J connectivity index is 2.51. The number of nitriles is 1. The van der Waals surface area contributed by atoms with Gasteiger partial charge in [0.15, 0.2) is 0 Å². The fourth-order valence-electron chi connectivity index (χ4n) is 1.93. The van der Waals surface area contributed by atoms with Gasteiger partial charge in [-0.25, -0.2) is 4.39 Å². The van der Waals surface area contributed by atoms with Crippen molar-refractivity contribution in [1.82, 2.24) is 0 Å². The zero-order chi connectivity index (χ0) is 13.1. The van der Waals surface area contributed by atoms with Crippen LogP contribution in [0.25, 0.3) is 11.1 Å². The standard InChI is InChI=1S/C16H14FN/c1-11(2)15-9-14(6-7-16(15)17)13-5-3-4-12(8-13)10-18/h3-9,11H,1-2H3. The summed E-state index contributed by atoms with van der Waals surface area (Å²) in [6, 6.07) is 14.6. The molecule has 0 N–H and O–H groups in total. The molecule has 1 nitrogen and oxygen atoms in total. The second-order valence-electron chi connectivity index (χ2n) is 4.58. The molecule has 0 spiro atoms. The maximum absolute atomic E-state index is 13.6. The van der Waals surface area contributed by atoms with E-state index in [0.717, 1.165) is 11.1 Å². The summed E-state index contributed by atoms with van der Waals surface area (Å²) in [5, 5.41) is 8.89. The van der Waals surface area contributed by atoms with Crippen molar-refractivity contribution in [3.8, 4) is 17.2 Å². The Kier molecular flexibility index (Phi) is 3.43. The van der Waals surface area contributed by atoms with Crippen LogP contribution >= 0.6 is 0 Å². The molecule has 0 heterocycles. The van der Waals surface area contributed by atoms with Crippen molar-refractivity contribution in [3.63, 3.8) is 0 Å². The van der Waals surface area contributed by atoms with Gasteiger partial charge in [-0.1, -0.05) is 32.0 Å². The summed E-state index contributed by atoms with van der Waals surface area (Å²) in [5.74, 6) is -0.0331. The van der Waals surface area contributed by atoms with Gasteiger partial charge in [0.25, 0.3) is 0 Å². The lowest BCUT2D eigenvalue weighted by atomic mass is 9.96. The number of benzene rings is 2. The average molecular weight is 239 g/mol. The molecule has 0 aromatic heterocycles. The van der Waals surface area contributed by atoms with Crippen LogP contribution in [0.3, 0.4) is 0 Å². The van der Waals surface area contributed by atoms with Gasteiger partial charge in [0.1, 0.15) is 5.82 Å². The Morgan fingerprint density at radius 3 is 2.44 bits per heavy atom. The summed E-state index contributed by atoms with van der Waals surface area (Å²) in [6.07, 6.45) is 0. The van der Waals surface area contributed by atoms with Gasteiger partial charge >= 0.3 is 0 Å². The molecule has 0 atom stereocenters. The van der Waals surface area contributed by atoms with Crippen LogP contribution in [0.4, 0.5) is 4.39 Å². The molecular weight excluding hydrogens is 225 g/mol. The Morgan fingerprint density at radius 2 is 1.78 bits per heavy atom. The van der Waals surface area contributed by atoms with Crippen LogP contribution in [0.5, 0.6) is 0 Å². The number of halogens is 1. The summed E-state index contributed by atoms with van der Waals surface area (Å²) < 4.78 is 13.6. The molecule has 0 amide bonds. The summed E-state index contributed by atoms with van der Waals surface area (Å²) >= 11 is 0. The largest absolute Gasteiger partial charge is 0.207 e. The third-order valence-electron chi connectivity index (χ3n) is 2.94. The normalized spacial score (nSPS) is 10.4. The fraction of sp³-hybridized carbons (Fsp3) is 0.188. The molecule has 2 rings (SSSR count). The molecule has 0 unspecified atom stereocenters. The van der Waals surface area contributed by atoms with E-state index in [1.807, 2.05) is 38.1 Å². The minimum Gasteiger partial charge on any atom is -0.207 e. The van der Waals surface area contributed by atoms with Crippen molar-refractivity contribution in [2.45, 2.75) is 19.8 Å². The SMILES string of the molecule is CC(C)c1cc(-c2cccc(C#N)c2)ccc1F. The van der Waals surface area contributed by atoms with Crippen molar-refractivity contribution in [3.05, 3.63) is 59.4 Å². The van der Waals surface area contributed by atoms with Crippen molar-refractivity contribution >= 4 is 0 Å². The number of hydrogen-bond donors (Lipinski definition) is 0. The van der Waals surface area contributed by atoms with Crippen LogP contribution in [-0.2, 0) is 0 Å². The second kappa shape index (κ2) is 5.01. The first-order chi connectivity index (χ1) is 8.61. The van der Waals surface area contributed by atoms with Crippen molar-refractivity contribution in [2.24, 2.45) is 0 Å². The monoisotopic (exact) mass is 239 g/mol. The van der Waals surface area contributed by atoms with Gasteiger partial charge in [-0.2, -0.15) is 5.26 Å². The van der Waals surface area contributed by atoms with Gasteiger partial charge in [0.05, 0.1) is 11.6 Å². The Bertz CT molecular complexity index is 609. The molecule has 0 saturated carbocycles. The Hall–Kier alpha value is -2.14. The molecular formula is C16H14FN. The van der Waals surface area contributed by atoms with E-state index in [1.165, 1.54) is 6.07 Å². The highest BCUT2D eigenvalue weighted by Gasteiger charge is 2.08. The van der Waals surface area contributed by atoms with Gasteiger partial charge < -0.3 is 0 Å². The average Bonchev–Trinajstić information content (AvgIpc) is 2.39. The van der Waals surface area contributed by atoms with Gasteiger partial charge in [-0.15, -0.1) is 0 Å². The van der Waals surface area contributed by atoms with Crippen LogP contribution in [0.1, 0.15) is 30.9 Å². The number of rotatable bonds is 2. The highest BCUT2D eigenvalue weighted by molar-refractivity contribution is 5.66. The topological polar surface area (TPSA) is 23.8 Å². The summed E-state index contributed by atoms with van der Waals surface area (Å²) in [7, 11) is 0. The lowest BCUT2D eigenvalue weighted by Crippen LogP contribution is -1.93. The molecule has 18 heavy (non-hydrogen) atoms. The summed E-state index contributed by atoms with van der Waals surface area (Å²) in [6.45, 7) is 3.93. The lowest BCUT2D eigenvalue weighted by Gasteiger charge is -2.10. The van der Waals surface area contributed by atoms with Crippen LogP contribution < -0.4 is 0 Å². The third kappa shape index (κ3) is 2.41. The molecule has 2 aromatic rings. The molecule has 0 aliphatic carbocycles. The van der Waals surface area contributed by atoms with Crippen molar-refractivity contribution < 1.29 is 4.39 Å². The van der Waals surface area contributed by atoms with E-state index >= 15 is 0 Å². The first-order valence-electron chi connectivity index (χ1n) is 5.92. The molecule has 0 saturated heterocycles. The highest BCUT2D eigenvalue weighted by Crippen LogP contribution is 2.26. The molecule has 90 valence electrons. The maximum atomic E-state index is 13.6.